The maximum atomic E-state index is 13.4. The molecule has 0 aliphatic carbocycles. The fraction of sp³-hybridized carbons (Fsp3) is 0.364. The Hall–Kier alpha value is -2.92. The monoisotopic (exact) mass is 482 g/mol. The maximum absolute atomic E-state index is 13.4. The van der Waals surface area contributed by atoms with Crippen LogP contribution in [-0.2, 0) is 27.5 Å². The maximum Gasteiger partial charge on any atom is 0.449 e. The highest BCUT2D eigenvalue weighted by atomic mass is 32.2. The van der Waals surface area contributed by atoms with Crippen LogP contribution in [0.4, 0.5) is 13.2 Å². The van der Waals surface area contributed by atoms with E-state index in [1.54, 1.807) is 45.0 Å². The summed E-state index contributed by atoms with van der Waals surface area (Å²) in [5.74, 6) is -1.77. The molecule has 0 fully saturated rings. The molecule has 0 aliphatic heterocycles. The number of halogens is 3. The summed E-state index contributed by atoms with van der Waals surface area (Å²) in [5.41, 5.74) is 0.975. The van der Waals surface area contributed by atoms with Crippen molar-refractivity contribution in [2.75, 3.05) is 13.1 Å². The Kier molecular flexibility index (Phi) is 7.13. The van der Waals surface area contributed by atoms with Gasteiger partial charge in [-0.1, -0.05) is 38.1 Å². The average molecular weight is 483 g/mol. The average Bonchev–Trinajstić information content (AvgIpc) is 3.13. The number of hydrogen-bond donors (Lipinski definition) is 1. The van der Waals surface area contributed by atoms with E-state index >= 15 is 0 Å². The van der Waals surface area contributed by atoms with Crippen molar-refractivity contribution in [3.05, 3.63) is 59.9 Å². The van der Waals surface area contributed by atoms with Gasteiger partial charge in [-0.15, -0.1) is 0 Å². The molecule has 1 aromatic heterocycles. The lowest BCUT2D eigenvalue weighted by Crippen LogP contribution is -2.32. The van der Waals surface area contributed by atoms with Crippen LogP contribution in [0.1, 0.15) is 38.2 Å². The first-order valence-electron chi connectivity index (χ1n) is 10.4. The highest BCUT2D eigenvalue weighted by Crippen LogP contribution is 2.31. The number of hydrogen-bond acceptors (Lipinski definition) is 4. The molecule has 1 N–H and O–H groups in total. The zero-order valence-corrected chi connectivity index (χ0v) is 19.2. The van der Waals surface area contributed by atoms with Crippen LogP contribution >= 0.6 is 0 Å². The van der Waals surface area contributed by atoms with Gasteiger partial charge in [-0.2, -0.15) is 17.5 Å². The number of alkyl halides is 3. The van der Waals surface area contributed by atoms with Crippen molar-refractivity contribution in [1.29, 1.82) is 0 Å². The second kappa shape index (κ2) is 9.52. The molecule has 0 bridgehead atoms. The van der Waals surface area contributed by atoms with Crippen LogP contribution in [0.3, 0.4) is 0 Å². The number of carbonyl (C=O) groups excluding carboxylic acids is 1. The van der Waals surface area contributed by atoms with Crippen molar-refractivity contribution in [3.63, 3.8) is 0 Å². The fourth-order valence-electron chi connectivity index (χ4n) is 3.61. The highest BCUT2D eigenvalue weighted by molar-refractivity contribution is 7.89. The van der Waals surface area contributed by atoms with Gasteiger partial charge < -0.3 is 9.88 Å². The van der Waals surface area contributed by atoms with Crippen molar-refractivity contribution >= 4 is 27.0 Å². The summed E-state index contributed by atoms with van der Waals surface area (Å²) < 4.78 is 67.7. The standard InChI is InChI=1S/C22H25F3N4O3S/c1-4-28(5-2)33(31,32)17-12-10-16(11-13-17)15(3)26-20(30)14-29-19-9-7-6-8-18(19)27-21(29)22(23,24)25/h6-13,15H,4-5,14H2,1-3H3,(H,26,30). The smallest absolute Gasteiger partial charge is 0.348 e. The normalized spacial score (nSPS) is 13.4. The number of aromatic nitrogens is 2. The van der Waals surface area contributed by atoms with Gasteiger partial charge in [0.05, 0.1) is 22.0 Å². The third-order valence-corrected chi connectivity index (χ3v) is 7.37. The molecular formula is C22H25F3N4O3S. The predicted molar refractivity (Wildman–Crippen MR) is 118 cm³/mol. The summed E-state index contributed by atoms with van der Waals surface area (Å²) in [4.78, 5) is 16.3. The van der Waals surface area contributed by atoms with Gasteiger partial charge in [0, 0.05) is 13.1 Å². The van der Waals surface area contributed by atoms with Gasteiger partial charge >= 0.3 is 6.18 Å². The zero-order valence-electron chi connectivity index (χ0n) is 18.4. The number of nitrogens with one attached hydrogen (secondary N) is 1. The SMILES string of the molecule is CCN(CC)S(=O)(=O)c1ccc(C(C)NC(=O)Cn2c(C(F)(F)F)nc3ccccc32)cc1. The molecule has 3 aromatic rings. The number of rotatable bonds is 8. The number of sulfonamides is 1. The van der Waals surface area contributed by atoms with Crippen LogP contribution in [0, 0.1) is 0 Å². The van der Waals surface area contributed by atoms with E-state index in [1.165, 1.54) is 28.6 Å². The van der Waals surface area contributed by atoms with E-state index in [0.29, 0.717) is 18.7 Å². The number of para-hydroxylation sites is 2. The molecular weight excluding hydrogens is 457 g/mol. The molecule has 0 saturated carbocycles. The third kappa shape index (κ3) is 5.19. The first-order valence-corrected chi connectivity index (χ1v) is 11.8. The van der Waals surface area contributed by atoms with E-state index < -0.39 is 40.5 Å². The van der Waals surface area contributed by atoms with Crippen LogP contribution in [0.15, 0.2) is 53.4 Å². The Bertz CT molecular complexity index is 1230. The van der Waals surface area contributed by atoms with Crippen molar-refractivity contribution in [3.8, 4) is 0 Å². The third-order valence-electron chi connectivity index (χ3n) is 5.31. The molecule has 33 heavy (non-hydrogen) atoms. The summed E-state index contributed by atoms with van der Waals surface area (Å²) in [6.45, 7) is 5.30. The van der Waals surface area contributed by atoms with Gasteiger partial charge in [0.15, 0.2) is 0 Å². The fourth-order valence-corrected chi connectivity index (χ4v) is 5.07. The molecule has 0 saturated heterocycles. The topological polar surface area (TPSA) is 84.3 Å². The minimum atomic E-state index is -4.71. The van der Waals surface area contributed by atoms with Gasteiger partial charge in [-0.05, 0) is 36.8 Å². The first-order chi connectivity index (χ1) is 15.5. The minimum absolute atomic E-state index is 0.133. The summed E-state index contributed by atoms with van der Waals surface area (Å²) >= 11 is 0. The molecule has 2 aromatic carbocycles. The summed E-state index contributed by atoms with van der Waals surface area (Å²) in [6, 6.07) is 11.6. The van der Waals surface area contributed by atoms with Gasteiger partial charge in [0.2, 0.25) is 21.8 Å². The molecule has 0 spiro atoms. The van der Waals surface area contributed by atoms with Crippen molar-refractivity contribution in [2.45, 2.75) is 44.4 Å². The van der Waals surface area contributed by atoms with Crippen LogP contribution in [-0.4, -0.2) is 41.3 Å². The van der Waals surface area contributed by atoms with Crippen LogP contribution in [0.2, 0.25) is 0 Å². The van der Waals surface area contributed by atoms with Gasteiger partial charge in [0.25, 0.3) is 0 Å². The molecule has 1 heterocycles. The quantitative estimate of drug-likeness (QED) is 0.527. The molecule has 1 unspecified atom stereocenters. The van der Waals surface area contributed by atoms with E-state index in [-0.39, 0.29) is 15.9 Å². The lowest BCUT2D eigenvalue weighted by molar-refractivity contribution is -0.147. The number of benzene rings is 2. The largest absolute Gasteiger partial charge is 0.449 e. The number of fused-ring (bicyclic) bond motifs is 1. The zero-order chi connectivity index (χ0) is 24.4. The van der Waals surface area contributed by atoms with E-state index in [0.717, 1.165) is 4.57 Å². The molecule has 178 valence electrons. The van der Waals surface area contributed by atoms with Crippen LogP contribution in [0.25, 0.3) is 11.0 Å². The van der Waals surface area contributed by atoms with Gasteiger partial charge in [0.1, 0.15) is 6.54 Å². The van der Waals surface area contributed by atoms with Gasteiger partial charge in [-0.3, -0.25) is 4.79 Å². The Labute approximate surface area is 190 Å². The summed E-state index contributed by atoms with van der Waals surface area (Å²) in [6.07, 6.45) is -4.71. The summed E-state index contributed by atoms with van der Waals surface area (Å²) in [5, 5.41) is 2.67. The first kappa shape index (κ1) is 24.7. The molecule has 0 aliphatic rings. The number of amides is 1. The Morgan fingerprint density at radius 1 is 1.09 bits per heavy atom. The molecule has 1 amide bonds. The van der Waals surface area contributed by atoms with Crippen LogP contribution in [0.5, 0.6) is 0 Å². The van der Waals surface area contributed by atoms with Crippen molar-refractivity contribution in [2.24, 2.45) is 0 Å². The molecule has 3 rings (SSSR count). The Morgan fingerprint density at radius 2 is 1.70 bits per heavy atom. The second-order valence-electron chi connectivity index (χ2n) is 7.46. The minimum Gasteiger partial charge on any atom is -0.348 e. The lowest BCUT2D eigenvalue weighted by Gasteiger charge is -2.19. The van der Waals surface area contributed by atoms with Crippen molar-refractivity contribution < 1.29 is 26.4 Å². The molecule has 11 heteroatoms. The highest BCUT2D eigenvalue weighted by Gasteiger charge is 2.38. The van der Waals surface area contributed by atoms with E-state index in [9.17, 15) is 26.4 Å². The van der Waals surface area contributed by atoms with E-state index in [1.807, 2.05) is 0 Å². The van der Waals surface area contributed by atoms with Gasteiger partial charge in [-0.25, -0.2) is 13.4 Å². The lowest BCUT2D eigenvalue weighted by atomic mass is 10.1. The van der Waals surface area contributed by atoms with Crippen LogP contribution < -0.4 is 5.32 Å². The molecule has 0 radical (unpaired) electrons. The predicted octanol–water partition coefficient (Wildman–Crippen LogP) is 3.96. The van der Waals surface area contributed by atoms with Crippen molar-refractivity contribution in [1.82, 2.24) is 19.2 Å². The molecule has 7 nitrogen and oxygen atoms in total. The Morgan fingerprint density at radius 3 is 2.27 bits per heavy atom. The number of nitrogens with zero attached hydrogens (tertiary/aromatic N) is 3. The Balaban J connectivity index is 1.77. The second-order valence-corrected chi connectivity index (χ2v) is 9.39. The number of carbonyl (C=O) groups is 1. The summed E-state index contributed by atoms with van der Waals surface area (Å²) in [7, 11) is -3.61. The van der Waals surface area contributed by atoms with E-state index in [4.69, 9.17) is 0 Å². The number of imidazole rings is 1. The molecule has 1 atom stereocenters. The van der Waals surface area contributed by atoms with E-state index in [2.05, 4.69) is 10.3 Å².